The van der Waals surface area contributed by atoms with E-state index in [1.807, 2.05) is 62.8 Å². The molecule has 0 saturated carbocycles. The molecule has 2 aromatic carbocycles. The van der Waals surface area contributed by atoms with Crippen LogP contribution in [-0.2, 0) is 35.2 Å². The van der Waals surface area contributed by atoms with Crippen molar-refractivity contribution in [2.24, 2.45) is 0 Å². The summed E-state index contributed by atoms with van der Waals surface area (Å²) >= 11 is 12.6. The van der Waals surface area contributed by atoms with Gasteiger partial charge in [0.25, 0.3) is 0 Å². The van der Waals surface area contributed by atoms with E-state index in [0.29, 0.717) is 45.1 Å². The molecular formula is C48H50Cl2N6O4. The number of piperidine rings is 2. The fourth-order valence-corrected chi connectivity index (χ4v) is 9.28. The number of anilines is 1. The summed E-state index contributed by atoms with van der Waals surface area (Å²) in [7, 11) is 0. The number of fused-ring (bicyclic) bond motifs is 4. The van der Waals surface area contributed by atoms with E-state index in [2.05, 4.69) is 34.9 Å². The van der Waals surface area contributed by atoms with E-state index in [4.69, 9.17) is 48.4 Å². The molecule has 2 fully saturated rings. The van der Waals surface area contributed by atoms with E-state index in [1.165, 1.54) is 55.7 Å². The van der Waals surface area contributed by atoms with Crippen LogP contribution in [-0.4, -0.2) is 75.9 Å². The first-order valence-electron chi connectivity index (χ1n) is 20.9. The molecule has 2 N–H and O–H groups in total. The number of aryl methyl sites for hydroxylation is 4. The molecule has 0 radical (unpaired) electrons. The molecule has 2 aliphatic carbocycles. The molecule has 0 bridgehead atoms. The van der Waals surface area contributed by atoms with Crippen molar-refractivity contribution in [3.05, 3.63) is 151 Å². The molecule has 60 heavy (non-hydrogen) atoms. The second kappa shape index (κ2) is 18.4. The smallest absolute Gasteiger partial charge is 0.409 e. The van der Waals surface area contributed by atoms with E-state index in [0.717, 1.165) is 78.5 Å². The largest absolute Gasteiger partial charge is 0.450 e. The van der Waals surface area contributed by atoms with E-state index in [1.54, 1.807) is 16.0 Å². The van der Waals surface area contributed by atoms with Gasteiger partial charge in [-0.15, -0.1) is 0 Å². The Kier molecular flexibility index (Phi) is 12.6. The number of halogens is 2. The van der Waals surface area contributed by atoms with Crippen LogP contribution in [0.1, 0.15) is 84.3 Å². The zero-order chi connectivity index (χ0) is 41.8. The predicted molar refractivity (Wildman–Crippen MR) is 238 cm³/mol. The van der Waals surface area contributed by atoms with Crippen molar-refractivity contribution in [2.45, 2.75) is 65.2 Å². The van der Waals surface area contributed by atoms with Crippen molar-refractivity contribution in [3.63, 3.8) is 0 Å². The number of hydrogen-bond donors (Lipinski definition) is 1. The Morgan fingerprint density at radius 1 is 0.617 bits per heavy atom. The lowest BCUT2D eigenvalue weighted by molar-refractivity contribution is 0.103. The molecule has 0 spiro atoms. The third-order valence-corrected chi connectivity index (χ3v) is 12.3. The van der Waals surface area contributed by atoms with Crippen molar-refractivity contribution < 1.29 is 19.1 Å². The predicted octanol–water partition coefficient (Wildman–Crippen LogP) is 10.1. The van der Waals surface area contributed by atoms with Gasteiger partial charge in [0, 0.05) is 59.8 Å². The average molecular weight is 846 g/mol. The first-order valence-corrected chi connectivity index (χ1v) is 21.7. The van der Waals surface area contributed by atoms with Crippen LogP contribution in [0.2, 0.25) is 10.0 Å². The number of aromatic nitrogens is 3. The van der Waals surface area contributed by atoms with Gasteiger partial charge in [0.05, 0.1) is 48.4 Å². The van der Waals surface area contributed by atoms with Crippen molar-refractivity contribution in [1.29, 1.82) is 0 Å². The van der Waals surface area contributed by atoms with Gasteiger partial charge in [-0.1, -0.05) is 46.5 Å². The minimum Gasteiger partial charge on any atom is -0.450 e. The fraction of sp³-hybridized carbons (Fsp3) is 0.333. The normalized spacial score (nSPS) is 16.0. The number of amides is 2. The summed E-state index contributed by atoms with van der Waals surface area (Å²) in [5.74, 6) is 0. The second-order valence-electron chi connectivity index (χ2n) is 15.5. The third-order valence-electron chi connectivity index (χ3n) is 11.8. The number of carbonyl (C=O) groups excluding carboxylic acids is 2. The minimum atomic E-state index is -0.231. The Morgan fingerprint density at radius 3 is 1.55 bits per heavy atom. The van der Waals surface area contributed by atoms with Crippen molar-refractivity contribution in [2.75, 3.05) is 45.1 Å². The maximum absolute atomic E-state index is 12.2. The lowest BCUT2D eigenvalue weighted by Crippen LogP contribution is -2.37. The van der Waals surface area contributed by atoms with Gasteiger partial charge in [0.2, 0.25) is 0 Å². The Morgan fingerprint density at radius 2 is 1.07 bits per heavy atom. The molecule has 9 rings (SSSR count). The Labute approximate surface area is 361 Å². The molecule has 2 amide bonds. The molecule has 5 heterocycles. The van der Waals surface area contributed by atoms with Crippen molar-refractivity contribution >= 4 is 52.2 Å². The van der Waals surface area contributed by atoms with Crippen LogP contribution >= 0.6 is 23.2 Å². The van der Waals surface area contributed by atoms with Crippen LogP contribution in [0.15, 0.2) is 96.6 Å². The molecule has 10 nitrogen and oxygen atoms in total. The molecule has 0 atom stereocenters. The van der Waals surface area contributed by atoms with Crippen LogP contribution in [0.3, 0.4) is 0 Å². The van der Waals surface area contributed by atoms with Gasteiger partial charge < -0.3 is 29.6 Å². The summed E-state index contributed by atoms with van der Waals surface area (Å²) in [6.45, 7) is 7.11. The average Bonchev–Trinajstić information content (AvgIpc) is 3.70. The first-order chi connectivity index (χ1) is 29.2. The van der Waals surface area contributed by atoms with Gasteiger partial charge >= 0.3 is 12.2 Å². The zero-order valence-electron chi connectivity index (χ0n) is 34.2. The van der Waals surface area contributed by atoms with Gasteiger partial charge in [0.15, 0.2) is 0 Å². The monoisotopic (exact) mass is 844 g/mol. The number of nitrogen functional groups attached to an aromatic ring is 1. The van der Waals surface area contributed by atoms with Crippen LogP contribution < -0.4 is 5.73 Å². The Balaban J connectivity index is 0.000000168. The highest BCUT2D eigenvalue weighted by molar-refractivity contribution is 6.31. The van der Waals surface area contributed by atoms with E-state index in [9.17, 15) is 9.59 Å². The molecule has 4 aliphatic rings. The number of rotatable bonds is 3. The van der Waals surface area contributed by atoms with E-state index < -0.39 is 0 Å². The van der Waals surface area contributed by atoms with Crippen LogP contribution in [0.4, 0.5) is 15.3 Å². The first kappa shape index (κ1) is 41.2. The van der Waals surface area contributed by atoms with Crippen LogP contribution in [0.5, 0.6) is 0 Å². The number of benzene rings is 2. The number of pyridine rings is 2. The highest BCUT2D eigenvalue weighted by Crippen LogP contribution is 2.41. The number of nitrogens with zero attached hydrogens (tertiary/aromatic N) is 5. The highest BCUT2D eigenvalue weighted by atomic mass is 35.5. The third kappa shape index (κ3) is 8.81. The van der Waals surface area contributed by atoms with Gasteiger partial charge in [-0.3, -0.25) is 9.97 Å². The number of likely N-dealkylation sites (tertiary alicyclic amines) is 2. The molecule has 310 valence electrons. The molecular weight excluding hydrogens is 795 g/mol. The number of nitrogens with two attached hydrogens (primary N) is 1. The number of ether oxygens (including phenoxy) is 2. The SMILES string of the molecule is CCOC(=O)N1CCC(=C2c3ccc(Cl)cc3CCc3cc(-n4cccc4)cnc32)CC1.CCOC(=O)N1CCC(=C2c3ccc(Cl)cc3CCc3cc(N)cnc32)CC1. The fourth-order valence-electron chi connectivity index (χ4n) is 8.89. The minimum absolute atomic E-state index is 0.223. The molecule has 3 aromatic heterocycles. The second-order valence-corrected chi connectivity index (χ2v) is 16.4. The lowest BCUT2D eigenvalue weighted by Gasteiger charge is -2.29. The zero-order valence-corrected chi connectivity index (χ0v) is 35.7. The molecule has 0 unspecified atom stereocenters. The summed E-state index contributed by atoms with van der Waals surface area (Å²) in [5.41, 5.74) is 22.2. The standard InChI is InChI=1S/C26H26ClN3O2.C22H24ClN3O2/c1-2-32-26(31)30-13-9-18(10-14-30)24-23-8-7-21(27)15-19(23)5-6-20-16-22(17-28-25(20)24)29-11-3-4-12-29;1-2-28-22(27)26-9-7-14(8-10-26)20-19-6-5-17(23)11-15(19)3-4-16-12-18(24)13-25-21(16)20/h3-4,7-8,11-12,15-17H,2,5-6,9-10,13-14H2,1H3;5-6,11-13H,2-4,7-10,24H2,1H3. The van der Waals surface area contributed by atoms with Gasteiger partial charge in [-0.2, -0.15) is 0 Å². The quantitative estimate of drug-likeness (QED) is 0.192. The van der Waals surface area contributed by atoms with Crippen LogP contribution in [0, 0.1) is 0 Å². The van der Waals surface area contributed by atoms with Gasteiger partial charge in [-0.05, 0) is 147 Å². The number of carbonyl (C=O) groups is 2. The highest BCUT2D eigenvalue weighted by Gasteiger charge is 2.29. The topological polar surface area (TPSA) is 116 Å². The van der Waals surface area contributed by atoms with E-state index >= 15 is 0 Å². The summed E-state index contributed by atoms with van der Waals surface area (Å²) < 4.78 is 12.4. The Bertz CT molecular complexity index is 2400. The van der Waals surface area contributed by atoms with E-state index in [-0.39, 0.29) is 12.2 Å². The molecule has 2 saturated heterocycles. The number of hydrogen-bond acceptors (Lipinski definition) is 7. The lowest BCUT2D eigenvalue weighted by atomic mass is 9.88. The summed E-state index contributed by atoms with van der Waals surface area (Å²) in [5, 5.41) is 1.51. The molecule has 2 aliphatic heterocycles. The molecule has 5 aromatic rings. The van der Waals surface area contributed by atoms with Crippen LogP contribution in [0.25, 0.3) is 16.8 Å². The van der Waals surface area contributed by atoms with Gasteiger partial charge in [-0.25, -0.2) is 9.59 Å². The summed E-state index contributed by atoms with van der Waals surface area (Å²) in [4.78, 5) is 37.5. The van der Waals surface area contributed by atoms with Crippen molar-refractivity contribution in [1.82, 2.24) is 24.3 Å². The summed E-state index contributed by atoms with van der Waals surface area (Å²) in [6, 6.07) is 20.6. The van der Waals surface area contributed by atoms with Gasteiger partial charge in [0.1, 0.15) is 0 Å². The Hall–Kier alpha value is -5.58. The van der Waals surface area contributed by atoms with Crippen molar-refractivity contribution in [3.8, 4) is 5.69 Å². The maximum Gasteiger partial charge on any atom is 0.409 e. The summed E-state index contributed by atoms with van der Waals surface area (Å²) in [6.07, 6.45) is 14.2. The maximum atomic E-state index is 12.2. The molecule has 12 heteroatoms.